The summed E-state index contributed by atoms with van der Waals surface area (Å²) in [5.74, 6) is -1.57. The summed E-state index contributed by atoms with van der Waals surface area (Å²) in [7, 11) is 1.60. The number of ether oxygens (including phenoxy) is 1. The number of anilines is 1. The number of nitro benzene ring substituents is 1. The number of nitro groups is 1. The Morgan fingerprint density at radius 1 is 1.28 bits per heavy atom. The van der Waals surface area contributed by atoms with Crippen molar-refractivity contribution < 1.29 is 18.8 Å². The van der Waals surface area contributed by atoms with Crippen LogP contribution in [-0.4, -0.2) is 31.1 Å². The number of carbonyl (C=O) groups is 1. The third kappa shape index (κ3) is 4.98. The summed E-state index contributed by atoms with van der Waals surface area (Å²) < 4.78 is 18.9. The van der Waals surface area contributed by atoms with Gasteiger partial charge in [-0.15, -0.1) is 0 Å². The van der Waals surface area contributed by atoms with Gasteiger partial charge < -0.3 is 15.4 Å². The van der Waals surface area contributed by atoms with E-state index in [1.54, 1.807) is 7.11 Å². The average Bonchev–Trinajstić information content (AvgIpc) is 2.60. The van der Waals surface area contributed by atoms with Crippen molar-refractivity contribution in [1.82, 2.24) is 5.32 Å². The zero-order chi connectivity index (χ0) is 18.2. The van der Waals surface area contributed by atoms with Crippen LogP contribution in [0.5, 0.6) is 0 Å². The summed E-state index contributed by atoms with van der Waals surface area (Å²) in [6, 6.07) is 10.3. The Kier molecular flexibility index (Phi) is 6.41. The van der Waals surface area contributed by atoms with Gasteiger partial charge in [0.15, 0.2) is 0 Å². The number of hydrogen-bond acceptors (Lipinski definition) is 5. The molecule has 0 spiro atoms. The predicted octanol–water partition coefficient (Wildman–Crippen LogP) is 2.72. The van der Waals surface area contributed by atoms with Gasteiger partial charge in [0.2, 0.25) is 0 Å². The molecule has 0 atom stereocenters. The maximum Gasteiger partial charge on any atom is 0.272 e. The van der Waals surface area contributed by atoms with E-state index < -0.39 is 22.3 Å². The first-order valence-corrected chi connectivity index (χ1v) is 7.55. The fourth-order valence-electron chi connectivity index (χ4n) is 2.21. The van der Waals surface area contributed by atoms with Gasteiger partial charge in [-0.1, -0.05) is 18.2 Å². The summed E-state index contributed by atoms with van der Waals surface area (Å²) in [4.78, 5) is 22.0. The van der Waals surface area contributed by atoms with E-state index in [4.69, 9.17) is 4.74 Å². The number of para-hydroxylation sites is 1. The van der Waals surface area contributed by atoms with E-state index in [-0.39, 0.29) is 12.1 Å². The van der Waals surface area contributed by atoms with Crippen molar-refractivity contribution in [3.63, 3.8) is 0 Å². The van der Waals surface area contributed by atoms with E-state index in [9.17, 15) is 19.3 Å². The molecule has 2 aromatic rings. The van der Waals surface area contributed by atoms with Crippen LogP contribution in [0.15, 0.2) is 42.5 Å². The zero-order valence-corrected chi connectivity index (χ0v) is 13.6. The second-order valence-electron chi connectivity index (χ2n) is 5.18. The lowest BCUT2D eigenvalue weighted by atomic mass is 10.1. The largest absolute Gasteiger partial charge is 0.383 e. The number of carbonyl (C=O) groups excluding carboxylic acids is 1. The van der Waals surface area contributed by atoms with Gasteiger partial charge in [-0.2, -0.15) is 0 Å². The number of methoxy groups -OCH3 is 1. The molecule has 25 heavy (non-hydrogen) atoms. The molecule has 0 aliphatic rings. The molecule has 0 saturated carbocycles. The normalized spacial score (nSPS) is 10.3. The topological polar surface area (TPSA) is 93.5 Å². The Morgan fingerprint density at radius 3 is 2.72 bits per heavy atom. The Bertz CT molecular complexity index is 767. The van der Waals surface area contributed by atoms with Crippen LogP contribution in [0, 0.1) is 15.9 Å². The van der Waals surface area contributed by atoms with Crippen LogP contribution in [0.2, 0.25) is 0 Å². The fourth-order valence-corrected chi connectivity index (χ4v) is 2.21. The van der Waals surface area contributed by atoms with E-state index in [0.29, 0.717) is 13.2 Å². The molecule has 2 N–H and O–H groups in total. The number of non-ortho nitro benzene ring substituents is 1. The Hall–Kier alpha value is -3.00. The van der Waals surface area contributed by atoms with E-state index in [0.717, 1.165) is 29.4 Å². The van der Waals surface area contributed by atoms with Crippen LogP contribution in [0.1, 0.15) is 15.9 Å². The zero-order valence-electron chi connectivity index (χ0n) is 13.6. The molecule has 1 amide bonds. The standard InChI is InChI=1S/C17H18FN3O4/c1-25-9-8-19-16-5-3-2-4-12(16)11-20-17(22)14-7-6-13(21(23)24)10-15(14)18/h2-7,10,19H,8-9,11H2,1H3,(H,20,22). The first-order valence-electron chi connectivity index (χ1n) is 7.55. The molecule has 0 aliphatic carbocycles. The molecule has 0 heterocycles. The van der Waals surface area contributed by atoms with Gasteiger partial charge in [0.1, 0.15) is 5.82 Å². The van der Waals surface area contributed by atoms with Gasteiger partial charge in [0, 0.05) is 32.0 Å². The number of benzene rings is 2. The molecule has 2 rings (SSSR count). The number of amides is 1. The summed E-state index contributed by atoms with van der Waals surface area (Å²) in [5.41, 5.74) is 1.02. The van der Waals surface area contributed by atoms with Crippen LogP contribution in [0.25, 0.3) is 0 Å². The Balaban J connectivity index is 2.04. The highest BCUT2D eigenvalue weighted by Gasteiger charge is 2.16. The molecule has 0 radical (unpaired) electrons. The molecule has 0 aliphatic heterocycles. The van der Waals surface area contributed by atoms with E-state index in [2.05, 4.69) is 10.6 Å². The van der Waals surface area contributed by atoms with Crippen molar-refractivity contribution in [1.29, 1.82) is 0 Å². The number of nitrogens with one attached hydrogen (secondary N) is 2. The quantitative estimate of drug-likeness (QED) is 0.435. The lowest BCUT2D eigenvalue weighted by Gasteiger charge is -2.12. The van der Waals surface area contributed by atoms with Crippen LogP contribution in [-0.2, 0) is 11.3 Å². The van der Waals surface area contributed by atoms with Crippen molar-refractivity contribution in [2.24, 2.45) is 0 Å². The molecule has 0 fully saturated rings. The minimum absolute atomic E-state index is 0.186. The lowest BCUT2D eigenvalue weighted by molar-refractivity contribution is -0.385. The number of halogens is 1. The second kappa shape index (κ2) is 8.74. The van der Waals surface area contributed by atoms with Crippen molar-refractivity contribution in [2.75, 3.05) is 25.6 Å². The van der Waals surface area contributed by atoms with Crippen molar-refractivity contribution >= 4 is 17.3 Å². The number of nitrogens with zero attached hydrogens (tertiary/aromatic N) is 1. The number of hydrogen-bond donors (Lipinski definition) is 2. The van der Waals surface area contributed by atoms with Crippen molar-refractivity contribution in [3.05, 3.63) is 69.5 Å². The minimum atomic E-state index is -0.932. The molecule has 2 aromatic carbocycles. The molecule has 132 valence electrons. The monoisotopic (exact) mass is 347 g/mol. The summed E-state index contributed by atoms with van der Waals surface area (Å²) in [6.07, 6.45) is 0. The van der Waals surface area contributed by atoms with Gasteiger partial charge in [0.25, 0.3) is 11.6 Å². The van der Waals surface area contributed by atoms with Gasteiger partial charge >= 0.3 is 0 Å². The van der Waals surface area contributed by atoms with Gasteiger partial charge in [0.05, 0.1) is 23.2 Å². The Morgan fingerprint density at radius 2 is 2.04 bits per heavy atom. The van der Waals surface area contributed by atoms with Gasteiger partial charge in [-0.05, 0) is 17.7 Å². The molecule has 7 nitrogen and oxygen atoms in total. The molecule has 0 unspecified atom stereocenters. The highest BCUT2D eigenvalue weighted by atomic mass is 19.1. The highest BCUT2D eigenvalue weighted by molar-refractivity contribution is 5.94. The number of rotatable bonds is 8. The van der Waals surface area contributed by atoms with Gasteiger partial charge in [-0.3, -0.25) is 14.9 Å². The van der Waals surface area contributed by atoms with Crippen LogP contribution >= 0.6 is 0 Å². The maximum atomic E-state index is 13.9. The van der Waals surface area contributed by atoms with Crippen LogP contribution < -0.4 is 10.6 Å². The van der Waals surface area contributed by atoms with Gasteiger partial charge in [-0.25, -0.2) is 4.39 Å². The van der Waals surface area contributed by atoms with Crippen molar-refractivity contribution in [3.8, 4) is 0 Å². The first-order chi connectivity index (χ1) is 12.0. The fraction of sp³-hybridized carbons (Fsp3) is 0.235. The molecule has 8 heteroatoms. The lowest BCUT2D eigenvalue weighted by Crippen LogP contribution is -2.24. The smallest absolute Gasteiger partial charge is 0.272 e. The highest BCUT2D eigenvalue weighted by Crippen LogP contribution is 2.18. The molecule has 0 bridgehead atoms. The minimum Gasteiger partial charge on any atom is -0.383 e. The van der Waals surface area contributed by atoms with Crippen molar-refractivity contribution in [2.45, 2.75) is 6.54 Å². The van der Waals surface area contributed by atoms with Crippen LogP contribution in [0.3, 0.4) is 0 Å². The average molecular weight is 347 g/mol. The van der Waals surface area contributed by atoms with E-state index in [1.807, 2.05) is 24.3 Å². The molecular weight excluding hydrogens is 329 g/mol. The van der Waals surface area contributed by atoms with E-state index >= 15 is 0 Å². The second-order valence-corrected chi connectivity index (χ2v) is 5.18. The SMILES string of the molecule is COCCNc1ccccc1CNC(=O)c1ccc([N+](=O)[O-])cc1F. The summed E-state index contributed by atoms with van der Waals surface area (Å²) in [5, 5.41) is 16.4. The summed E-state index contributed by atoms with van der Waals surface area (Å²) in [6.45, 7) is 1.33. The Labute approximate surface area is 144 Å². The molecular formula is C17H18FN3O4. The third-order valence-corrected chi connectivity index (χ3v) is 3.49. The predicted molar refractivity (Wildman–Crippen MR) is 91.0 cm³/mol. The summed E-state index contributed by atoms with van der Waals surface area (Å²) >= 11 is 0. The first kappa shape index (κ1) is 18.3. The molecule has 0 aromatic heterocycles. The molecule has 0 saturated heterocycles. The maximum absolute atomic E-state index is 13.9. The third-order valence-electron chi connectivity index (χ3n) is 3.49. The van der Waals surface area contributed by atoms with E-state index in [1.165, 1.54) is 0 Å². The van der Waals surface area contributed by atoms with Crippen LogP contribution in [0.4, 0.5) is 15.8 Å².